The van der Waals surface area contributed by atoms with Crippen molar-refractivity contribution in [3.63, 3.8) is 0 Å². The molecule has 0 spiro atoms. The molecule has 90 valence electrons. The van der Waals surface area contributed by atoms with Crippen molar-refractivity contribution in [3.8, 4) is 0 Å². The molecule has 0 aliphatic carbocycles. The van der Waals surface area contributed by atoms with Crippen molar-refractivity contribution in [1.29, 1.82) is 0 Å². The van der Waals surface area contributed by atoms with Crippen molar-refractivity contribution < 1.29 is 9.59 Å². The molecule has 0 atom stereocenters. The van der Waals surface area contributed by atoms with E-state index in [4.69, 9.17) is 5.73 Å². The SMILES string of the molecule is CC(=O)SCC=Cc1ccc(C(=O)CN)cc1. The number of carbonyl (C=O) groups excluding carboxylic acids is 2. The maximum absolute atomic E-state index is 11.3. The lowest BCUT2D eigenvalue weighted by molar-refractivity contribution is -0.109. The Labute approximate surface area is 105 Å². The van der Waals surface area contributed by atoms with E-state index in [2.05, 4.69) is 0 Å². The van der Waals surface area contributed by atoms with Gasteiger partial charge in [-0.3, -0.25) is 9.59 Å². The normalized spacial score (nSPS) is 10.7. The molecule has 0 fully saturated rings. The fraction of sp³-hybridized carbons (Fsp3) is 0.231. The number of hydrogen-bond donors (Lipinski definition) is 1. The van der Waals surface area contributed by atoms with Gasteiger partial charge in [0.1, 0.15) is 0 Å². The van der Waals surface area contributed by atoms with Gasteiger partial charge in [0, 0.05) is 18.2 Å². The molecule has 1 aromatic carbocycles. The Bertz CT molecular complexity index is 424. The third kappa shape index (κ3) is 4.97. The molecule has 0 unspecified atom stereocenters. The van der Waals surface area contributed by atoms with Crippen LogP contribution >= 0.6 is 11.8 Å². The summed E-state index contributed by atoms with van der Waals surface area (Å²) in [6.45, 7) is 1.58. The molecule has 0 bridgehead atoms. The lowest BCUT2D eigenvalue weighted by Crippen LogP contribution is -2.13. The van der Waals surface area contributed by atoms with E-state index in [0.717, 1.165) is 5.56 Å². The second-order valence-corrected chi connectivity index (χ2v) is 4.65. The summed E-state index contributed by atoms with van der Waals surface area (Å²) in [5.41, 5.74) is 6.90. The van der Waals surface area contributed by atoms with E-state index < -0.39 is 0 Å². The highest BCUT2D eigenvalue weighted by atomic mass is 32.2. The van der Waals surface area contributed by atoms with Crippen LogP contribution < -0.4 is 5.73 Å². The third-order valence-corrected chi connectivity index (χ3v) is 2.88. The number of hydrogen-bond acceptors (Lipinski definition) is 4. The fourth-order valence-corrected chi connectivity index (χ4v) is 1.67. The van der Waals surface area contributed by atoms with Crippen molar-refractivity contribution in [2.24, 2.45) is 5.73 Å². The average Bonchev–Trinajstić information content (AvgIpc) is 2.34. The highest BCUT2D eigenvalue weighted by molar-refractivity contribution is 8.13. The van der Waals surface area contributed by atoms with Crippen LogP contribution in [0.3, 0.4) is 0 Å². The van der Waals surface area contributed by atoms with Crippen LogP contribution in [0.1, 0.15) is 22.8 Å². The monoisotopic (exact) mass is 249 g/mol. The highest BCUT2D eigenvalue weighted by Gasteiger charge is 2.01. The molecule has 0 aliphatic rings. The Morgan fingerprint density at radius 3 is 2.47 bits per heavy atom. The van der Waals surface area contributed by atoms with Crippen LogP contribution in [-0.2, 0) is 4.79 Å². The lowest BCUT2D eigenvalue weighted by Gasteiger charge is -1.98. The summed E-state index contributed by atoms with van der Waals surface area (Å²) in [5.74, 6) is 0.603. The molecule has 0 radical (unpaired) electrons. The molecule has 0 heterocycles. The van der Waals surface area contributed by atoms with E-state index in [1.54, 1.807) is 19.1 Å². The minimum Gasteiger partial charge on any atom is -0.324 e. The maximum atomic E-state index is 11.3. The van der Waals surface area contributed by atoms with Gasteiger partial charge >= 0.3 is 0 Å². The number of nitrogens with two attached hydrogens (primary N) is 1. The Morgan fingerprint density at radius 2 is 1.94 bits per heavy atom. The summed E-state index contributed by atoms with van der Waals surface area (Å²) in [6, 6.07) is 7.23. The molecule has 3 nitrogen and oxygen atoms in total. The first-order chi connectivity index (χ1) is 8.13. The predicted molar refractivity (Wildman–Crippen MR) is 72.0 cm³/mol. The first kappa shape index (κ1) is 13.7. The van der Waals surface area contributed by atoms with Gasteiger partial charge in [0.25, 0.3) is 0 Å². The lowest BCUT2D eigenvalue weighted by atomic mass is 10.1. The topological polar surface area (TPSA) is 60.2 Å². The van der Waals surface area contributed by atoms with Crippen molar-refractivity contribution in [1.82, 2.24) is 0 Å². The van der Waals surface area contributed by atoms with Gasteiger partial charge in [0.05, 0.1) is 6.54 Å². The molecule has 0 saturated heterocycles. The molecule has 0 amide bonds. The van der Waals surface area contributed by atoms with Crippen molar-refractivity contribution >= 4 is 28.7 Å². The summed E-state index contributed by atoms with van der Waals surface area (Å²) in [6.07, 6.45) is 3.85. The van der Waals surface area contributed by atoms with Gasteiger partial charge in [-0.15, -0.1) is 0 Å². The summed E-state index contributed by atoms with van der Waals surface area (Å²) < 4.78 is 0. The average molecular weight is 249 g/mol. The smallest absolute Gasteiger partial charge is 0.186 e. The fourth-order valence-electron chi connectivity index (χ4n) is 1.25. The number of Topliss-reactive ketones (excluding diaryl/α,β-unsaturated/α-hetero) is 1. The second kappa shape index (κ2) is 7.04. The van der Waals surface area contributed by atoms with Crippen LogP contribution in [0.15, 0.2) is 30.3 Å². The van der Waals surface area contributed by atoms with Crippen LogP contribution in [0.4, 0.5) is 0 Å². The molecule has 0 aliphatic heterocycles. The number of ketones is 1. The van der Waals surface area contributed by atoms with Gasteiger partial charge in [-0.05, 0) is 5.56 Å². The Morgan fingerprint density at radius 1 is 1.29 bits per heavy atom. The third-order valence-electron chi connectivity index (χ3n) is 2.11. The van der Waals surface area contributed by atoms with E-state index in [1.807, 2.05) is 24.3 Å². The van der Waals surface area contributed by atoms with Gasteiger partial charge < -0.3 is 5.73 Å². The van der Waals surface area contributed by atoms with Crippen LogP contribution in [0.5, 0.6) is 0 Å². The van der Waals surface area contributed by atoms with Gasteiger partial charge in [0.2, 0.25) is 0 Å². The Hall–Kier alpha value is -1.39. The molecular formula is C13H15NO2S. The first-order valence-electron chi connectivity index (χ1n) is 5.26. The molecule has 0 saturated carbocycles. The zero-order valence-corrected chi connectivity index (χ0v) is 10.5. The van der Waals surface area contributed by atoms with Crippen LogP contribution in [-0.4, -0.2) is 23.2 Å². The van der Waals surface area contributed by atoms with Gasteiger partial charge in [-0.25, -0.2) is 0 Å². The van der Waals surface area contributed by atoms with E-state index >= 15 is 0 Å². The maximum Gasteiger partial charge on any atom is 0.186 e. The standard InChI is InChI=1S/C13H15NO2S/c1-10(15)17-8-2-3-11-4-6-12(7-5-11)13(16)9-14/h2-7H,8-9,14H2,1H3. The Balaban J connectivity index is 2.56. The van der Waals surface area contributed by atoms with Gasteiger partial charge in [-0.1, -0.05) is 48.2 Å². The summed E-state index contributed by atoms with van der Waals surface area (Å²) in [7, 11) is 0. The van der Waals surface area contributed by atoms with Gasteiger partial charge in [-0.2, -0.15) is 0 Å². The van der Waals surface area contributed by atoms with Crippen LogP contribution in [0.2, 0.25) is 0 Å². The van der Waals surface area contributed by atoms with E-state index in [9.17, 15) is 9.59 Å². The molecule has 0 aromatic heterocycles. The van der Waals surface area contributed by atoms with Crippen LogP contribution in [0, 0.1) is 0 Å². The number of benzene rings is 1. The molecular weight excluding hydrogens is 234 g/mol. The zero-order valence-electron chi connectivity index (χ0n) is 9.68. The highest BCUT2D eigenvalue weighted by Crippen LogP contribution is 2.08. The molecule has 17 heavy (non-hydrogen) atoms. The number of carbonyl (C=O) groups is 2. The number of thioether (sulfide) groups is 1. The van der Waals surface area contributed by atoms with Crippen molar-refractivity contribution in [2.45, 2.75) is 6.92 Å². The van der Waals surface area contributed by atoms with E-state index in [0.29, 0.717) is 11.3 Å². The quantitative estimate of drug-likeness (QED) is 0.812. The number of rotatable bonds is 5. The van der Waals surface area contributed by atoms with Crippen molar-refractivity contribution in [2.75, 3.05) is 12.3 Å². The largest absolute Gasteiger partial charge is 0.324 e. The van der Waals surface area contributed by atoms with Gasteiger partial charge in [0.15, 0.2) is 10.9 Å². The summed E-state index contributed by atoms with van der Waals surface area (Å²) >= 11 is 1.27. The predicted octanol–water partition coefficient (Wildman–Crippen LogP) is 2.12. The summed E-state index contributed by atoms with van der Waals surface area (Å²) in [5, 5.41) is 0.110. The first-order valence-corrected chi connectivity index (χ1v) is 6.25. The molecule has 1 rings (SSSR count). The molecule has 2 N–H and O–H groups in total. The van der Waals surface area contributed by atoms with E-state index in [-0.39, 0.29) is 17.4 Å². The Kier molecular flexibility index (Phi) is 5.66. The molecule has 1 aromatic rings. The zero-order chi connectivity index (χ0) is 12.7. The van der Waals surface area contributed by atoms with Crippen molar-refractivity contribution in [3.05, 3.63) is 41.5 Å². The van der Waals surface area contributed by atoms with E-state index in [1.165, 1.54) is 11.8 Å². The minimum atomic E-state index is -0.0623. The second-order valence-electron chi connectivity index (χ2n) is 3.45. The molecule has 4 heteroatoms. The van der Waals surface area contributed by atoms with Crippen LogP contribution in [0.25, 0.3) is 6.08 Å². The minimum absolute atomic E-state index is 0.0322. The summed E-state index contributed by atoms with van der Waals surface area (Å²) in [4.78, 5) is 22.0.